The first-order valence-electron chi connectivity index (χ1n) is 3.91. The summed E-state index contributed by atoms with van der Waals surface area (Å²) in [6, 6.07) is 1.69. The van der Waals surface area contributed by atoms with E-state index in [2.05, 4.69) is 4.74 Å². The zero-order valence-corrected chi connectivity index (χ0v) is 8.59. The summed E-state index contributed by atoms with van der Waals surface area (Å²) >= 11 is 5.56. The molecule has 4 nitrogen and oxygen atoms in total. The van der Waals surface area contributed by atoms with Crippen molar-refractivity contribution >= 4 is 17.3 Å². The topological polar surface area (TPSA) is 52.4 Å². The highest BCUT2D eigenvalue weighted by atomic mass is 35.5. The molecule has 0 heterocycles. The van der Waals surface area contributed by atoms with E-state index in [9.17, 15) is 23.3 Å². The largest absolute Gasteiger partial charge is 0.573 e. The maximum Gasteiger partial charge on any atom is 0.573 e. The van der Waals surface area contributed by atoms with Crippen molar-refractivity contribution in [2.75, 3.05) is 0 Å². The molecule has 0 amide bonds. The van der Waals surface area contributed by atoms with E-state index in [1.165, 1.54) is 6.92 Å². The number of hydrogen-bond acceptors (Lipinski definition) is 3. The number of hydrogen-bond donors (Lipinski definition) is 0. The summed E-state index contributed by atoms with van der Waals surface area (Å²) in [6.07, 6.45) is -4.98. The predicted molar refractivity (Wildman–Crippen MR) is 49.5 cm³/mol. The fourth-order valence-electron chi connectivity index (χ4n) is 0.994. The molecule has 0 saturated heterocycles. The maximum absolute atomic E-state index is 11.9. The molecule has 0 bridgehead atoms. The lowest BCUT2D eigenvalue weighted by Gasteiger charge is -2.10. The molecule has 0 aliphatic carbocycles. The number of ether oxygens (including phenoxy) is 1. The summed E-state index contributed by atoms with van der Waals surface area (Å²) in [5.41, 5.74) is -0.570. The number of aryl methyl sites for hydroxylation is 1. The summed E-state index contributed by atoms with van der Waals surface area (Å²) < 4.78 is 39.3. The van der Waals surface area contributed by atoms with Gasteiger partial charge >= 0.3 is 12.0 Å². The van der Waals surface area contributed by atoms with Crippen LogP contribution < -0.4 is 4.74 Å². The third kappa shape index (κ3) is 2.99. The van der Waals surface area contributed by atoms with Crippen molar-refractivity contribution in [1.29, 1.82) is 0 Å². The van der Waals surface area contributed by atoms with Gasteiger partial charge in [-0.25, -0.2) is 0 Å². The Morgan fingerprint density at radius 3 is 2.44 bits per heavy atom. The predicted octanol–water partition coefficient (Wildman–Crippen LogP) is 3.46. The average molecular weight is 256 g/mol. The smallest absolute Gasteiger partial charge is 0.398 e. The molecule has 0 aliphatic heterocycles. The molecule has 0 unspecified atom stereocenters. The van der Waals surface area contributed by atoms with Gasteiger partial charge in [-0.3, -0.25) is 10.1 Å². The number of alkyl halides is 3. The van der Waals surface area contributed by atoms with Gasteiger partial charge in [-0.2, -0.15) is 0 Å². The van der Waals surface area contributed by atoms with Gasteiger partial charge in [-0.1, -0.05) is 11.6 Å². The minimum atomic E-state index is -4.98. The minimum Gasteiger partial charge on any atom is -0.398 e. The molecule has 0 N–H and O–H groups in total. The quantitative estimate of drug-likeness (QED) is 0.601. The number of nitro benzene ring substituents is 1. The summed E-state index contributed by atoms with van der Waals surface area (Å²) in [6.45, 7) is 1.41. The Balaban J connectivity index is 3.25. The van der Waals surface area contributed by atoms with Gasteiger partial charge in [0.25, 0.3) is 0 Å². The third-order valence-corrected chi connectivity index (χ3v) is 2.07. The molecule has 0 spiro atoms. The van der Waals surface area contributed by atoms with Crippen molar-refractivity contribution in [3.8, 4) is 5.75 Å². The van der Waals surface area contributed by atoms with Crippen LogP contribution in [0.5, 0.6) is 5.75 Å². The van der Waals surface area contributed by atoms with Crippen LogP contribution in [-0.2, 0) is 0 Å². The number of nitrogens with zero attached hydrogens (tertiary/aromatic N) is 1. The van der Waals surface area contributed by atoms with Crippen molar-refractivity contribution < 1.29 is 22.8 Å². The van der Waals surface area contributed by atoms with Crippen molar-refractivity contribution in [2.45, 2.75) is 13.3 Å². The maximum atomic E-state index is 11.9. The third-order valence-electron chi connectivity index (χ3n) is 1.66. The highest BCUT2D eigenvalue weighted by molar-refractivity contribution is 6.31. The SMILES string of the molecule is Cc1cc(OC(F)(F)F)c([N+](=O)[O-])cc1Cl. The van der Waals surface area contributed by atoms with E-state index in [1.54, 1.807) is 0 Å². The molecule has 1 rings (SSSR count). The monoisotopic (exact) mass is 255 g/mol. The molecule has 0 radical (unpaired) electrons. The van der Waals surface area contributed by atoms with E-state index in [0.29, 0.717) is 0 Å². The van der Waals surface area contributed by atoms with Crippen molar-refractivity contribution in [2.24, 2.45) is 0 Å². The van der Waals surface area contributed by atoms with Crippen molar-refractivity contribution in [1.82, 2.24) is 0 Å². The van der Waals surface area contributed by atoms with Crippen LogP contribution in [0.25, 0.3) is 0 Å². The summed E-state index contributed by atoms with van der Waals surface area (Å²) in [5, 5.41) is 10.5. The lowest BCUT2D eigenvalue weighted by molar-refractivity contribution is -0.388. The van der Waals surface area contributed by atoms with Gasteiger partial charge in [0.15, 0.2) is 0 Å². The molecule has 0 atom stereocenters. The zero-order valence-electron chi connectivity index (χ0n) is 7.84. The van der Waals surface area contributed by atoms with Crippen LogP contribution >= 0.6 is 11.6 Å². The van der Waals surface area contributed by atoms with Gasteiger partial charge in [0.1, 0.15) is 0 Å². The molecule has 8 heteroatoms. The molecule has 0 fully saturated rings. The molecule has 88 valence electrons. The normalized spacial score (nSPS) is 11.3. The number of nitro groups is 1. The molecule has 0 aliphatic rings. The van der Waals surface area contributed by atoms with Crippen LogP contribution in [0.2, 0.25) is 5.02 Å². The van der Waals surface area contributed by atoms with Gasteiger partial charge < -0.3 is 4.74 Å². The average Bonchev–Trinajstić information content (AvgIpc) is 2.07. The molecule has 0 aromatic heterocycles. The summed E-state index contributed by atoms with van der Waals surface area (Å²) in [7, 11) is 0. The van der Waals surface area contributed by atoms with Crippen LogP contribution in [0.3, 0.4) is 0 Å². The Kier molecular flexibility index (Phi) is 3.27. The number of rotatable bonds is 2. The van der Waals surface area contributed by atoms with Crippen LogP contribution in [-0.4, -0.2) is 11.3 Å². The highest BCUT2D eigenvalue weighted by Crippen LogP contribution is 2.35. The first kappa shape index (κ1) is 12.6. The number of benzene rings is 1. The van der Waals surface area contributed by atoms with Crippen LogP contribution in [0.1, 0.15) is 5.56 Å². The number of halogens is 4. The Morgan fingerprint density at radius 2 is 2.00 bits per heavy atom. The minimum absolute atomic E-state index is 0.00113. The molecule has 0 saturated carbocycles. The fourth-order valence-corrected chi connectivity index (χ4v) is 1.15. The molecular formula is C8H5ClF3NO3. The molecule has 1 aromatic rings. The van der Waals surface area contributed by atoms with E-state index in [0.717, 1.165) is 12.1 Å². The standard InChI is InChI=1S/C8H5ClF3NO3/c1-4-2-7(16-8(10,11)12)6(13(14)15)3-5(4)9/h2-3H,1H3. The fraction of sp³-hybridized carbons (Fsp3) is 0.250. The molecule has 1 aromatic carbocycles. The van der Waals surface area contributed by atoms with Gasteiger partial charge in [-0.15, -0.1) is 13.2 Å². The van der Waals surface area contributed by atoms with Crippen molar-refractivity contribution in [3.63, 3.8) is 0 Å². The Bertz CT molecular complexity index is 433. The van der Waals surface area contributed by atoms with E-state index in [4.69, 9.17) is 11.6 Å². The summed E-state index contributed by atoms with van der Waals surface area (Å²) in [4.78, 5) is 9.48. The highest BCUT2D eigenvalue weighted by Gasteiger charge is 2.34. The van der Waals surface area contributed by atoms with E-state index >= 15 is 0 Å². The first-order valence-corrected chi connectivity index (χ1v) is 4.29. The van der Waals surface area contributed by atoms with E-state index < -0.39 is 22.7 Å². The van der Waals surface area contributed by atoms with Gasteiger partial charge in [0, 0.05) is 6.07 Å². The second kappa shape index (κ2) is 4.17. The lowest BCUT2D eigenvalue weighted by Crippen LogP contribution is -2.18. The molecular weight excluding hydrogens is 251 g/mol. The summed E-state index contributed by atoms with van der Waals surface area (Å²) in [5.74, 6) is -0.876. The zero-order chi connectivity index (χ0) is 12.5. The van der Waals surface area contributed by atoms with Gasteiger partial charge in [0.2, 0.25) is 5.75 Å². The first-order chi connectivity index (χ1) is 7.20. The van der Waals surface area contributed by atoms with Crippen LogP contribution in [0.4, 0.5) is 18.9 Å². The Morgan fingerprint density at radius 1 is 1.44 bits per heavy atom. The van der Waals surface area contributed by atoms with Gasteiger partial charge in [0.05, 0.1) is 9.95 Å². The van der Waals surface area contributed by atoms with Crippen LogP contribution in [0.15, 0.2) is 12.1 Å². The van der Waals surface area contributed by atoms with E-state index in [1.807, 2.05) is 0 Å². The van der Waals surface area contributed by atoms with E-state index in [-0.39, 0.29) is 10.6 Å². The second-order valence-corrected chi connectivity index (χ2v) is 3.28. The lowest BCUT2D eigenvalue weighted by atomic mass is 10.2. The van der Waals surface area contributed by atoms with Gasteiger partial charge in [-0.05, 0) is 18.6 Å². The second-order valence-electron chi connectivity index (χ2n) is 2.87. The Hall–Kier alpha value is -1.50. The Labute approximate surface area is 92.7 Å². The van der Waals surface area contributed by atoms with Crippen molar-refractivity contribution in [3.05, 3.63) is 32.8 Å². The van der Waals surface area contributed by atoms with Crippen LogP contribution in [0, 0.1) is 17.0 Å². The molecule has 16 heavy (non-hydrogen) atoms.